The second-order valence-electron chi connectivity index (χ2n) is 5.30. The molecule has 0 saturated carbocycles. The molecule has 0 aromatic heterocycles. The van der Waals surface area contributed by atoms with Crippen molar-refractivity contribution in [3.8, 4) is 0 Å². The van der Waals surface area contributed by atoms with Gasteiger partial charge in [-0.25, -0.2) is 0 Å². The molecule has 0 radical (unpaired) electrons. The van der Waals surface area contributed by atoms with E-state index in [-0.39, 0.29) is 18.4 Å². The van der Waals surface area contributed by atoms with Gasteiger partial charge in [-0.1, -0.05) is 12.8 Å². The highest BCUT2D eigenvalue weighted by Gasteiger charge is 2.26. The third-order valence-corrected chi connectivity index (χ3v) is 3.86. The number of nitrogens with zero attached hydrogens (tertiary/aromatic N) is 2. The number of nitrogens with two attached hydrogens (primary N) is 1. The Morgan fingerprint density at radius 2 is 1.78 bits per heavy atom. The summed E-state index contributed by atoms with van der Waals surface area (Å²) in [6.07, 6.45) is 5.99. The van der Waals surface area contributed by atoms with Gasteiger partial charge in [0.1, 0.15) is 0 Å². The van der Waals surface area contributed by atoms with Crippen molar-refractivity contribution in [3.05, 3.63) is 0 Å². The molecule has 2 aliphatic rings. The van der Waals surface area contributed by atoms with Gasteiger partial charge in [-0.3, -0.25) is 9.59 Å². The Bertz CT molecular complexity index is 313. The van der Waals surface area contributed by atoms with Crippen LogP contribution in [0, 0.1) is 0 Å². The van der Waals surface area contributed by atoms with Crippen LogP contribution in [0.1, 0.15) is 38.5 Å². The van der Waals surface area contributed by atoms with Crippen LogP contribution >= 0.6 is 0 Å². The molecule has 1 unspecified atom stereocenters. The zero-order valence-electron chi connectivity index (χ0n) is 10.9. The molecule has 0 aromatic rings. The summed E-state index contributed by atoms with van der Waals surface area (Å²) < 4.78 is 0. The molecule has 0 aliphatic carbocycles. The largest absolute Gasteiger partial charge is 0.341 e. The first kappa shape index (κ1) is 13.3. The van der Waals surface area contributed by atoms with Crippen LogP contribution < -0.4 is 5.73 Å². The molecule has 2 rings (SSSR count). The summed E-state index contributed by atoms with van der Waals surface area (Å²) in [5.74, 6) is 0.0240. The Morgan fingerprint density at radius 3 is 2.50 bits per heavy atom. The molecular weight excluding hydrogens is 230 g/mol. The summed E-state index contributed by atoms with van der Waals surface area (Å²) in [5, 5.41) is 0. The first-order valence-electron chi connectivity index (χ1n) is 7.00. The van der Waals surface area contributed by atoms with Crippen LogP contribution in [0.2, 0.25) is 0 Å². The lowest BCUT2D eigenvalue weighted by atomic mass is 10.0. The predicted octanol–water partition coefficient (Wildman–Crippen LogP) is 0.339. The van der Waals surface area contributed by atoms with E-state index < -0.39 is 6.04 Å². The fraction of sp³-hybridized carbons (Fsp3) is 0.846. The van der Waals surface area contributed by atoms with Gasteiger partial charge in [-0.2, -0.15) is 0 Å². The monoisotopic (exact) mass is 253 g/mol. The van der Waals surface area contributed by atoms with Crippen LogP contribution in [0.25, 0.3) is 0 Å². The topological polar surface area (TPSA) is 66.6 Å². The maximum Gasteiger partial charge on any atom is 0.242 e. The maximum atomic E-state index is 12.1. The molecule has 5 nitrogen and oxygen atoms in total. The van der Waals surface area contributed by atoms with Crippen LogP contribution in [0.3, 0.4) is 0 Å². The van der Waals surface area contributed by atoms with Gasteiger partial charge >= 0.3 is 0 Å². The number of hydrogen-bond acceptors (Lipinski definition) is 3. The molecule has 2 heterocycles. The SMILES string of the molecule is NC1CCCCCN(CC(=O)N2CCCC2)C1=O. The van der Waals surface area contributed by atoms with Gasteiger partial charge in [0.25, 0.3) is 0 Å². The molecule has 0 bridgehead atoms. The van der Waals surface area contributed by atoms with E-state index in [1.807, 2.05) is 4.90 Å². The van der Waals surface area contributed by atoms with E-state index in [2.05, 4.69) is 0 Å². The Morgan fingerprint density at radius 1 is 1.11 bits per heavy atom. The number of rotatable bonds is 2. The fourth-order valence-electron chi connectivity index (χ4n) is 2.70. The molecule has 0 aromatic carbocycles. The minimum atomic E-state index is -0.420. The van der Waals surface area contributed by atoms with Gasteiger partial charge in [0.05, 0.1) is 12.6 Å². The first-order valence-corrected chi connectivity index (χ1v) is 7.00. The lowest BCUT2D eigenvalue weighted by Crippen LogP contribution is -2.49. The van der Waals surface area contributed by atoms with E-state index >= 15 is 0 Å². The Labute approximate surface area is 108 Å². The lowest BCUT2D eigenvalue weighted by Gasteiger charge is -2.29. The normalized spacial score (nSPS) is 26.1. The van der Waals surface area contributed by atoms with Gasteiger partial charge in [0.15, 0.2) is 0 Å². The molecule has 2 saturated heterocycles. The first-order chi connectivity index (χ1) is 8.68. The number of amides is 2. The van der Waals surface area contributed by atoms with Crippen molar-refractivity contribution in [3.63, 3.8) is 0 Å². The zero-order chi connectivity index (χ0) is 13.0. The van der Waals surface area contributed by atoms with Crippen molar-refractivity contribution in [2.24, 2.45) is 5.73 Å². The summed E-state index contributed by atoms with van der Waals surface area (Å²) >= 11 is 0. The van der Waals surface area contributed by atoms with E-state index in [0.29, 0.717) is 6.54 Å². The molecule has 2 amide bonds. The molecule has 2 N–H and O–H groups in total. The van der Waals surface area contributed by atoms with Crippen molar-refractivity contribution < 1.29 is 9.59 Å². The van der Waals surface area contributed by atoms with Crippen molar-refractivity contribution in [2.45, 2.75) is 44.6 Å². The summed E-state index contributed by atoms with van der Waals surface area (Å²) in [5.41, 5.74) is 5.85. The maximum absolute atomic E-state index is 12.1. The zero-order valence-corrected chi connectivity index (χ0v) is 10.9. The smallest absolute Gasteiger partial charge is 0.242 e. The van der Waals surface area contributed by atoms with Crippen molar-refractivity contribution in [2.75, 3.05) is 26.2 Å². The third-order valence-electron chi connectivity index (χ3n) is 3.86. The highest BCUT2D eigenvalue weighted by molar-refractivity contribution is 5.87. The summed E-state index contributed by atoms with van der Waals surface area (Å²) in [6.45, 7) is 2.57. The van der Waals surface area contributed by atoms with Crippen LogP contribution in [-0.2, 0) is 9.59 Å². The Kier molecular flexibility index (Phi) is 4.58. The second kappa shape index (κ2) is 6.18. The molecule has 102 valence electrons. The number of carbonyl (C=O) groups is 2. The molecule has 1 atom stereocenters. The number of carbonyl (C=O) groups excluding carboxylic acids is 2. The molecule has 18 heavy (non-hydrogen) atoms. The summed E-state index contributed by atoms with van der Waals surface area (Å²) in [6, 6.07) is -0.420. The standard InChI is InChI=1S/C13H23N3O2/c14-11-6-2-1-3-9-16(13(11)18)10-12(17)15-7-4-5-8-15/h11H,1-10,14H2. The van der Waals surface area contributed by atoms with Gasteiger partial charge in [0, 0.05) is 19.6 Å². The summed E-state index contributed by atoms with van der Waals surface area (Å²) in [7, 11) is 0. The molecule has 2 fully saturated rings. The van der Waals surface area contributed by atoms with E-state index in [0.717, 1.165) is 51.6 Å². The minimum absolute atomic E-state index is 0.0535. The number of likely N-dealkylation sites (tertiary alicyclic amines) is 2. The van der Waals surface area contributed by atoms with Crippen LogP contribution in [0.15, 0.2) is 0 Å². The molecule has 0 spiro atoms. The molecule has 2 aliphatic heterocycles. The van der Waals surface area contributed by atoms with Crippen LogP contribution in [-0.4, -0.2) is 53.8 Å². The highest BCUT2D eigenvalue weighted by Crippen LogP contribution is 2.13. The second-order valence-corrected chi connectivity index (χ2v) is 5.30. The van der Waals surface area contributed by atoms with Crippen LogP contribution in [0.5, 0.6) is 0 Å². The predicted molar refractivity (Wildman–Crippen MR) is 68.8 cm³/mol. The third kappa shape index (κ3) is 3.22. The van der Waals surface area contributed by atoms with Gasteiger partial charge in [-0.05, 0) is 25.7 Å². The molecular formula is C13H23N3O2. The average molecular weight is 253 g/mol. The van der Waals surface area contributed by atoms with Crippen LogP contribution in [0.4, 0.5) is 0 Å². The van der Waals surface area contributed by atoms with Gasteiger partial charge in [0.2, 0.25) is 11.8 Å². The van der Waals surface area contributed by atoms with E-state index in [1.54, 1.807) is 4.90 Å². The molecule has 5 heteroatoms. The van der Waals surface area contributed by atoms with Crippen molar-refractivity contribution in [1.29, 1.82) is 0 Å². The van der Waals surface area contributed by atoms with E-state index in [1.165, 1.54) is 0 Å². The minimum Gasteiger partial charge on any atom is -0.341 e. The van der Waals surface area contributed by atoms with Gasteiger partial charge in [-0.15, -0.1) is 0 Å². The number of hydrogen-bond donors (Lipinski definition) is 1. The average Bonchev–Trinajstić information content (AvgIpc) is 2.88. The quantitative estimate of drug-likeness (QED) is 0.771. The van der Waals surface area contributed by atoms with Gasteiger partial charge < -0.3 is 15.5 Å². The Balaban J connectivity index is 1.92. The van der Waals surface area contributed by atoms with Crippen molar-refractivity contribution in [1.82, 2.24) is 9.80 Å². The van der Waals surface area contributed by atoms with E-state index in [9.17, 15) is 9.59 Å². The lowest BCUT2D eigenvalue weighted by molar-refractivity contribution is -0.141. The fourth-order valence-corrected chi connectivity index (χ4v) is 2.70. The van der Waals surface area contributed by atoms with E-state index in [4.69, 9.17) is 5.73 Å². The highest BCUT2D eigenvalue weighted by atomic mass is 16.2. The van der Waals surface area contributed by atoms with Crippen molar-refractivity contribution >= 4 is 11.8 Å². The summed E-state index contributed by atoms with van der Waals surface area (Å²) in [4.78, 5) is 27.6. The Hall–Kier alpha value is -1.10.